The molecular formula is C11H13FN2O. The third-order valence-electron chi connectivity index (χ3n) is 2.50. The Kier molecular flexibility index (Phi) is 3.06. The molecule has 80 valence electrons. The number of rotatable bonds is 2. The van der Waals surface area contributed by atoms with Crippen LogP contribution in [0.3, 0.4) is 0 Å². The first-order chi connectivity index (χ1) is 7.24. The maximum atomic E-state index is 12.6. The molecule has 1 aliphatic rings. The molecule has 4 heteroatoms. The molecule has 0 aliphatic carbocycles. The van der Waals surface area contributed by atoms with E-state index in [0.717, 1.165) is 18.7 Å². The first-order valence-corrected chi connectivity index (χ1v) is 5.08. The number of likely N-dealkylation sites (tertiary alicyclic amines) is 1. The van der Waals surface area contributed by atoms with Crippen LogP contribution >= 0.6 is 0 Å². The zero-order valence-electron chi connectivity index (χ0n) is 8.45. The maximum absolute atomic E-state index is 12.6. The van der Waals surface area contributed by atoms with Gasteiger partial charge in [-0.15, -0.1) is 0 Å². The number of carbonyl (C=O) groups is 1. The molecule has 0 radical (unpaired) electrons. The predicted molar refractivity (Wildman–Crippen MR) is 53.7 cm³/mol. The molecule has 0 aromatic carbocycles. The van der Waals surface area contributed by atoms with E-state index >= 15 is 0 Å². The molecule has 0 amide bonds. The number of Topliss-reactive ketones (excluding diaryl/α,β-unsaturated/α-hetero) is 1. The normalized spacial score (nSPS) is 18.1. The van der Waals surface area contributed by atoms with Crippen LogP contribution in [0.5, 0.6) is 0 Å². The van der Waals surface area contributed by atoms with Crippen LogP contribution in [0.15, 0.2) is 18.3 Å². The van der Waals surface area contributed by atoms with Gasteiger partial charge in [-0.05, 0) is 25.1 Å². The van der Waals surface area contributed by atoms with Gasteiger partial charge in [-0.25, -0.2) is 4.39 Å². The van der Waals surface area contributed by atoms with E-state index in [2.05, 4.69) is 4.98 Å². The average Bonchev–Trinajstić information content (AvgIpc) is 2.22. The number of hydrogen-bond acceptors (Lipinski definition) is 3. The lowest BCUT2D eigenvalue weighted by Crippen LogP contribution is -2.35. The summed E-state index contributed by atoms with van der Waals surface area (Å²) in [7, 11) is 0. The van der Waals surface area contributed by atoms with E-state index in [-0.39, 0.29) is 11.6 Å². The van der Waals surface area contributed by atoms with Gasteiger partial charge in [0.15, 0.2) is 0 Å². The van der Waals surface area contributed by atoms with Crippen LogP contribution in [-0.4, -0.2) is 28.8 Å². The summed E-state index contributed by atoms with van der Waals surface area (Å²) in [5, 5.41) is 0. The van der Waals surface area contributed by atoms with Crippen LogP contribution in [0, 0.1) is 5.82 Å². The number of piperidine rings is 1. The van der Waals surface area contributed by atoms with Crippen LogP contribution in [0.2, 0.25) is 0 Å². The Morgan fingerprint density at radius 1 is 1.47 bits per heavy atom. The molecule has 1 fully saturated rings. The van der Waals surface area contributed by atoms with E-state index in [9.17, 15) is 9.18 Å². The van der Waals surface area contributed by atoms with Crippen molar-refractivity contribution < 1.29 is 9.18 Å². The molecule has 0 saturated carbocycles. The number of carbonyl (C=O) groups excluding carboxylic acids is 1. The second kappa shape index (κ2) is 4.49. The van der Waals surface area contributed by atoms with Gasteiger partial charge in [-0.2, -0.15) is 0 Å². The molecule has 1 saturated heterocycles. The van der Waals surface area contributed by atoms with Gasteiger partial charge in [0.05, 0.1) is 18.4 Å². The van der Waals surface area contributed by atoms with Crippen molar-refractivity contribution in [2.24, 2.45) is 0 Å². The van der Waals surface area contributed by atoms with Gasteiger partial charge >= 0.3 is 0 Å². The quantitative estimate of drug-likeness (QED) is 0.736. The number of pyridine rings is 1. The maximum Gasteiger partial charge on any atom is 0.146 e. The molecule has 15 heavy (non-hydrogen) atoms. The summed E-state index contributed by atoms with van der Waals surface area (Å²) in [5.74, 6) is -0.0446. The second-order valence-corrected chi connectivity index (χ2v) is 3.82. The molecule has 1 aromatic heterocycles. The van der Waals surface area contributed by atoms with E-state index in [1.165, 1.54) is 12.3 Å². The monoisotopic (exact) mass is 208 g/mol. The zero-order valence-corrected chi connectivity index (χ0v) is 8.45. The molecule has 0 N–H and O–H groups in total. The van der Waals surface area contributed by atoms with E-state index in [1.807, 2.05) is 4.90 Å². The van der Waals surface area contributed by atoms with Crippen molar-refractivity contribution >= 4 is 5.78 Å². The molecule has 3 nitrogen and oxygen atoms in total. The van der Waals surface area contributed by atoms with Crippen molar-refractivity contribution in [3.63, 3.8) is 0 Å². The first-order valence-electron chi connectivity index (χ1n) is 5.08. The Labute approximate surface area is 87.9 Å². The average molecular weight is 208 g/mol. The molecule has 0 unspecified atom stereocenters. The van der Waals surface area contributed by atoms with Gasteiger partial charge in [0.1, 0.15) is 11.6 Å². The van der Waals surface area contributed by atoms with Crippen molar-refractivity contribution in [2.75, 3.05) is 13.1 Å². The fourth-order valence-electron chi connectivity index (χ4n) is 1.77. The molecule has 0 spiro atoms. The Bertz CT molecular complexity index is 350. The molecule has 2 rings (SSSR count). The van der Waals surface area contributed by atoms with Gasteiger partial charge in [0.2, 0.25) is 0 Å². The minimum absolute atomic E-state index is 0.281. The molecule has 0 bridgehead atoms. The number of hydrogen-bond donors (Lipinski definition) is 0. The number of ketones is 1. The van der Waals surface area contributed by atoms with Crippen molar-refractivity contribution in [2.45, 2.75) is 19.4 Å². The second-order valence-electron chi connectivity index (χ2n) is 3.82. The summed E-state index contributed by atoms with van der Waals surface area (Å²) < 4.78 is 12.6. The van der Waals surface area contributed by atoms with E-state index in [0.29, 0.717) is 19.5 Å². The Morgan fingerprint density at radius 3 is 3.00 bits per heavy atom. The molecular weight excluding hydrogens is 195 g/mol. The van der Waals surface area contributed by atoms with Crippen LogP contribution in [0.1, 0.15) is 18.5 Å². The van der Waals surface area contributed by atoms with Gasteiger partial charge in [-0.1, -0.05) is 0 Å². The van der Waals surface area contributed by atoms with E-state index in [4.69, 9.17) is 0 Å². The van der Waals surface area contributed by atoms with E-state index in [1.54, 1.807) is 6.07 Å². The van der Waals surface area contributed by atoms with E-state index < -0.39 is 0 Å². The smallest absolute Gasteiger partial charge is 0.146 e. The largest absolute Gasteiger partial charge is 0.298 e. The SMILES string of the molecule is O=C1CCCN(Cc2ccc(F)cn2)C1. The topological polar surface area (TPSA) is 33.2 Å². The van der Waals surface area contributed by atoms with Crippen LogP contribution in [-0.2, 0) is 11.3 Å². The zero-order chi connectivity index (χ0) is 10.7. The van der Waals surface area contributed by atoms with Crippen molar-refractivity contribution in [3.8, 4) is 0 Å². The van der Waals surface area contributed by atoms with Gasteiger partial charge in [-0.3, -0.25) is 14.7 Å². The summed E-state index contributed by atoms with van der Waals surface area (Å²) in [5.41, 5.74) is 0.811. The molecule has 1 aliphatic heterocycles. The minimum atomic E-state index is -0.325. The van der Waals surface area contributed by atoms with Crippen LogP contribution in [0.4, 0.5) is 4.39 Å². The van der Waals surface area contributed by atoms with Crippen molar-refractivity contribution in [1.29, 1.82) is 0 Å². The highest BCUT2D eigenvalue weighted by Crippen LogP contribution is 2.09. The fourth-order valence-corrected chi connectivity index (χ4v) is 1.77. The van der Waals surface area contributed by atoms with Crippen LogP contribution < -0.4 is 0 Å². The third-order valence-corrected chi connectivity index (χ3v) is 2.50. The number of nitrogens with zero attached hydrogens (tertiary/aromatic N) is 2. The predicted octanol–water partition coefficient (Wildman–Crippen LogP) is 1.39. The van der Waals surface area contributed by atoms with Crippen molar-refractivity contribution in [3.05, 3.63) is 29.8 Å². The van der Waals surface area contributed by atoms with Gasteiger partial charge in [0.25, 0.3) is 0 Å². The molecule has 1 aromatic rings. The lowest BCUT2D eigenvalue weighted by molar-refractivity contribution is -0.122. The summed E-state index contributed by atoms with van der Waals surface area (Å²) >= 11 is 0. The fraction of sp³-hybridized carbons (Fsp3) is 0.455. The highest BCUT2D eigenvalue weighted by molar-refractivity contribution is 5.81. The summed E-state index contributed by atoms with van der Waals surface area (Å²) in [6.45, 7) is 2.05. The Hall–Kier alpha value is -1.29. The number of aromatic nitrogens is 1. The summed E-state index contributed by atoms with van der Waals surface area (Å²) in [6.07, 6.45) is 2.81. The first kappa shape index (κ1) is 10.2. The molecule has 2 heterocycles. The lowest BCUT2D eigenvalue weighted by atomic mass is 10.1. The third kappa shape index (κ3) is 2.83. The van der Waals surface area contributed by atoms with Gasteiger partial charge in [0, 0.05) is 13.0 Å². The lowest BCUT2D eigenvalue weighted by Gasteiger charge is -2.24. The van der Waals surface area contributed by atoms with Crippen LogP contribution in [0.25, 0.3) is 0 Å². The van der Waals surface area contributed by atoms with Gasteiger partial charge < -0.3 is 0 Å². The Balaban J connectivity index is 1.96. The highest BCUT2D eigenvalue weighted by Gasteiger charge is 2.16. The number of halogens is 1. The highest BCUT2D eigenvalue weighted by atomic mass is 19.1. The van der Waals surface area contributed by atoms with Crippen molar-refractivity contribution in [1.82, 2.24) is 9.88 Å². The molecule has 0 atom stereocenters. The standard InChI is InChI=1S/C11H13FN2O/c12-9-3-4-10(13-6-9)7-14-5-1-2-11(15)8-14/h3-4,6H,1-2,5,7-8H2. The summed E-state index contributed by atoms with van der Waals surface area (Å²) in [4.78, 5) is 17.2. The summed E-state index contributed by atoms with van der Waals surface area (Å²) in [6, 6.07) is 3.06. The minimum Gasteiger partial charge on any atom is -0.298 e. The Morgan fingerprint density at radius 2 is 2.33 bits per heavy atom.